The average Bonchev–Trinajstić information content (AvgIpc) is 3.07. The monoisotopic (exact) mass is 318 g/mol. The minimum Gasteiger partial charge on any atom is -0.396 e. The molecule has 0 saturated heterocycles. The van der Waals surface area contributed by atoms with Gasteiger partial charge in [-0.05, 0) is 31.1 Å². The first kappa shape index (κ1) is 16.2. The molecule has 4 unspecified atom stereocenters. The first-order valence-corrected chi connectivity index (χ1v) is 8.39. The summed E-state index contributed by atoms with van der Waals surface area (Å²) in [4.78, 5) is 20.8. The van der Waals surface area contributed by atoms with Crippen LogP contribution in [0.5, 0.6) is 0 Å². The second kappa shape index (κ2) is 6.07. The van der Waals surface area contributed by atoms with Crippen molar-refractivity contribution in [3.63, 3.8) is 0 Å². The summed E-state index contributed by atoms with van der Waals surface area (Å²) in [5.41, 5.74) is 0.470. The van der Waals surface area contributed by atoms with E-state index in [1.165, 1.54) is 6.42 Å². The average molecular weight is 318 g/mol. The molecular weight excluding hydrogens is 292 g/mol. The van der Waals surface area contributed by atoms with Gasteiger partial charge in [-0.15, -0.1) is 0 Å². The first-order valence-electron chi connectivity index (χ1n) is 8.39. The van der Waals surface area contributed by atoms with Gasteiger partial charge in [0.25, 0.3) is 0 Å². The maximum absolute atomic E-state index is 12.2. The van der Waals surface area contributed by atoms with Crippen molar-refractivity contribution >= 4 is 11.7 Å². The van der Waals surface area contributed by atoms with Crippen LogP contribution in [0.1, 0.15) is 45.9 Å². The number of anilines is 1. The van der Waals surface area contributed by atoms with E-state index in [4.69, 9.17) is 0 Å². The molecule has 0 aromatic carbocycles. The molecule has 1 aromatic heterocycles. The zero-order valence-corrected chi connectivity index (χ0v) is 14.0. The number of rotatable bonds is 3. The lowest BCUT2D eigenvalue weighted by molar-refractivity contribution is 0.146. The molecule has 23 heavy (non-hydrogen) atoms. The van der Waals surface area contributed by atoms with E-state index >= 15 is 0 Å². The van der Waals surface area contributed by atoms with E-state index in [1.54, 1.807) is 12.4 Å². The molecule has 1 aromatic rings. The van der Waals surface area contributed by atoms with Gasteiger partial charge in [0.2, 0.25) is 0 Å². The highest BCUT2D eigenvalue weighted by Crippen LogP contribution is 2.48. The summed E-state index contributed by atoms with van der Waals surface area (Å²) in [5, 5.41) is 15.4. The standard InChI is InChI=1S/C17H26N4O2/c1-17(2,3)15-18-7-12(8-19-15)20-16(23)21-14-11-5-4-10(6-11)13(14)9-22/h7-8,10-11,13-14,22H,4-6,9H2,1-3H3,(H2,20,21,23). The number of nitrogens with zero attached hydrogens (tertiary/aromatic N) is 2. The number of carbonyl (C=O) groups excluding carboxylic acids is 1. The number of nitrogens with one attached hydrogen (secondary N) is 2. The summed E-state index contributed by atoms with van der Waals surface area (Å²) in [6.07, 6.45) is 6.72. The third kappa shape index (κ3) is 3.32. The number of carbonyl (C=O) groups is 1. The summed E-state index contributed by atoms with van der Waals surface area (Å²) in [6, 6.07) is -0.165. The molecule has 2 bridgehead atoms. The maximum Gasteiger partial charge on any atom is 0.319 e. The molecule has 2 aliphatic rings. The lowest BCUT2D eigenvalue weighted by atomic mass is 9.85. The lowest BCUT2D eigenvalue weighted by Crippen LogP contribution is -2.46. The molecule has 0 spiro atoms. The highest BCUT2D eigenvalue weighted by molar-refractivity contribution is 5.89. The molecule has 3 rings (SSSR count). The molecule has 0 aliphatic heterocycles. The highest BCUT2D eigenvalue weighted by Gasteiger charge is 2.47. The second-order valence-corrected chi connectivity index (χ2v) is 7.85. The molecule has 6 heteroatoms. The third-order valence-electron chi connectivity index (χ3n) is 5.18. The number of amides is 2. The molecule has 6 nitrogen and oxygen atoms in total. The zero-order chi connectivity index (χ0) is 16.6. The fourth-order valence-electron chi connectivity index (χ4n) is 4.00. The predicted molar refractivity (Wildman–Crippen MR) is 88.1 cm³/mol. The molecule has 3 N–H and O–H groups in total. The van der Waals surface area contributed by atoms with Crippen molar-refractivity contribution in [1.82, 2.24) is 15.3 Å². The van der Waals surface area contributed by atoms with Gasteiger partial charge in [-0.25, -0.2) is 14.8 Å². The van der Waals surface area contributed by atoms with Crippen molar-refractivity contribution in [2.45, 2.75) is 51.5 Å². The second-order valence-electron chi connectivity index (χ2n) is 7.85. The predicted octanol–water partition coefficient (Wildman–Crippen LogP) is 2.30. The first-order chi connectivity index (χ1) is 10.9. The van der Waals surface area contributed by atoms with Crippen molar-refractivity contribution in [3.05, 3.63) is 18.2 Å². The molecule has 2 saturated carbocycles. The van der Waals surface area contributed by atoms with E-state index < -0.39 is 0 Å². The van der Waals surface area contributed by atoms with Crippen molar-refractivity contribution in [2.75, 3.05) is 11.9 Å². The Morgan fingerprint density at radius 1 is 1.26 bits per heavy atom. The van der Waals surface area contributed by atoms with Crippen LogP contribution in [0.4, 0.5) is 10.5 Å². The SMILES string of the molecule is CC(C)(C)c1ncc(NC(=O)NC2C3CCC(C3)C2CO)cn1. The van der Waals surface area contributed by atoms with Crippen LogP contribution in [-0.4, -0.2) is 33.8 Å². The van der Waals surface area contributed by atoms with Crippen LogP contribution in [0.15, 0.2) is 12.4 Å². The van der Waals surface area contributed by atoms with Crippen molar-refractivity contribution < 1.29 is 9.90 Å². The highest BCUT2D eigenvalue weighted by atomic mass is 16.3. The van der Waals surface area contributed by atoms with Crippen LogP contribution in [-0.2, 0) is 5.41 Å². The van der Waals surface area contributed by atoms with Crippen molar-refractivity contribution in [3.8, 4) is 0 Å². The van der Waals surface area contributed by atoms with E-state index in [1.807, 2.05) is 20.8 Å². The summed E-state index contributed by atoms with van der Waals surface area (Å²) < 4.78 is 0. The smallest absolute Gasteiger partial charge is 0.319 e. The number of hydrogen-bond acceptors (Lipinski definition) is 4. The van der Waals surface area contributed by atoms with Gasteiger partial charge in [0, 0.05) is 24.0 Å². The van der Waals surface area contributed by atoms with E-state index in [-0.39, 0.29) is 30.0 Å². The minimum atomic E-state index is -0.242. The number of aliphatic hydroxyl groups is 1. The number of aliphatic hydroxyl groups excluding tert-OH is 1. The van der Waals surface area contributed by atoms with Gasteiger partial charge in [-0.3, -0.25) is 0 Å². The Balaban J connectivity index is 1.59. The molecule has 0 radical (unpaired) electrons. The van der Waals surface area contributed by atoms with E-state index in [0.717, 1.165) is 18.7 Å². The van der Waals surface area contributed by atoms with Crippen LogP contribution in [0.25, 0.3) is 0 Å². The van der Waals surface area contributed by atoms with Crippen LogP contribution in [0.3, 0.4) is 0 Å². The molecule has 1 heterocycles. The van der Waals surface area contributed by atoms with Gasteiger partial charge in [-0.1, -0.05) is 20.8 Å². The number of aromatic nitrogens is 2. The fourth-order valence-corrected chi connectivity index (χ4v) is 4.00. The Hall–Kier alpha value is -1.69. The summed E-state index contributed by atoms with van der Waals surface area (Å²) in [5.74, 6) is 2.00. The van der Waals surface area contributed by atoms with E-state index in [9.17, 15) is 9.90 Å². The molecule has 4 atom stereocenters. The molecule has 126 valence electrons. The largest absolute Gasteiger partial charge is 0.396 e. The van der Waals surface area contributed by atoms with Crippen LogP contribution in [0, 0.1) is 17.8 Å². The van der Waals surface area contributed by atoms with Crippen LogP contribution < -0.4 is 10.6 Å². The van der Waals surface area contributed by atoms with Gasteiger partial charge < -0.3 is 15.7 Å². The lowest BCUT2D eigenvalue weighted by Gasteiger charge is -2.30. The minimum absolute atomic E-state index is 0.0773. The Morgan fingerprint density at radius 3 is 2.52 bits per heavy atom. The van der Waals surface area contributed by atoms with Crippen LogP contribution in [0.2, 0.25) is 0 Å². The topological polar surface area (TPSA) is 87.1 Å². The Kier molecular flexibility index (Phi) is 4.27. The Labute approximate surface area is 137 Å². The normalized spacial score (nSPS) is 29.6. The molecular formula is C17H26N4O2. The maximum atomic E-state index is 12.2. The summed E-state index contributed by atoms with van der Waals surface area (Å²) >= 11 is 0. The van der Waals surface area contributed by atoms with Gasteiger partial charge in [-0.2, -0.15) is 0 Å². The van der Waals surface area contributed by atoms with E-state index in [2.05, 4.69) is 20.6 Å². The van der Waals surface area contributed by atoms with Gasteiger partial charge in [0.1, 0.15) is 5.82 Å². The quantitative estimate of drug-likeness (QED) is 0.798. The number of hydrogen-bond donors (Lipinski definition) is 3. The number of urea groups is 1. The summed E-state index contributed by atoms with van der Waals surface area (Å²) in [7, 11) is 0. The Bertz CT molecular complexity index is 567. The molecule has 2 fully saturated rings. The van der Waals surface area contributed by atoms with Gasteiger partial charge in [0.05, 0.1) is 18.1 Å². The third-order valence-corrected chi connectivity index (χ3v) is 5.18. The summed E-state index contributed by atoms with van der Waals surface area (Å²) in [6.45, 7) is 6.29. The Morgan fingerprint density at radius 2 is 1.91 bits per heavy atom. The zero-order valence-electron chi connectivity index (χ0n) is 14.0. The van der Waals surface area contributed by atoms with Crippen LogP contribution >= 0.6 is 0 Å². The van der Waals surface area contributed by atoms with E-state index in [0.29, 0.717) is 17.5 Å². The number of fused-ring (bicyclic) bond motifs is 2. The molecule has 2 amide bonds. The van der Waals surface area contributed by atoms with Crippen molar-refractivity contribution in [2.24, 2.45) is 17.8 Å². The van der Waals surface area contributed by atoms with Crippen molar-refractivity contribution in [1.29, 1.82) is 0 Å². The van der Waals surface area contributed by atoms with Gasteiger partial charge in [0.15, 0.2) is 0 Å². The van der Waals surface area contributed by atoms with Gasteiger partial charge >= 0.3 is 6.03 Å². The molecule has 2 aliphatic carbocycles. The fraction of sp³-hybridized carbons (Fsp3) is 0.706.